The summed E-state index contributed by atoms with van der Waals surface area (Å²) in [5.41, 5.74) is 1.02. The van der Waals surface area contributed by atoms with Crippen LogP contribution in [0.15, 0.2) is 24.3 Å². The summed E-state index contributed by atoms with van der Waals surface area (Å²) in [6.45, 7) is 8.22. The van der Waals surface area contributed by atoms with E-state index in [1.165, 1.54) is 23.5 Å². The maximum Gasteiger partial charge on any atom is 0.416 e. The molecule has 1 aromatic heterocycles. The molecule has 0 atom stereocenters. The van der Waals surface area contributed by atoms with Crippen LogP contribution in [0, 0.1) is 6.92 Å². The van der Waals surface area contributed by atoms with E-state index in [4.69, 9.17) is 0 Å². The SMILES string of the molecule is Cc1sc(-c2ccc(C(F)(F)F)cc2)nc1C(C)(C)C. The van der Waals surface area contributed by atoms with Crippen LogP contribution in [0.1, 0.15) is 36.9 Å². The Kier molecular flexibility index (Phi) is 3.67. The van der Waals surface area contributed by atoms with Gasteiger partial charge < -0.3 is 0 Å². The summed E-state index contributed by atoms with van der Waals surface area (Å²) in [5.74, 6) is 0. The van der Waals surface area contributed by atoms with E-state index in [0.29, 0.717) is 0 Å². The van der Waals surface area contributed by atoms with Gasteiger partial charge in [0.05, 0.1) is 11.3 Å². The quantitative estimate of drug-likeness (QED) is 0.683. The van der Waals surface area contributed by atoms with Gasteiger partial charge in [0, 0.05) is 15.9 Å². The number of aromatic nitrogens is 1. The number of benzene rings is 1. The van der Waals surface area contributed by atoms with Gasteiger partial charge in [-0.05, 0) is 19.1 Å². The lowest BCUT2D eigenvalue weighted by Gasteiger charge is -2.16. The van der Waals surface area contributed by atoms with Crippen LogP contribution in [0.3, 0.4) is 0 Å². The van der Waals surface area contributed by atoms with Crippen LogP contribution in [0.25, 0.3) is 10.6 Å². The first-order chi connectivity index (χ1) is 9.09. The molecule has 0 bridgehead atoms. The summed E-state index contributed by atoms with van der Waals surface area (Å²) in [7, 11) is 0. The monoisotopic (exact) mass is 299 g/mol. The first kappa shape index (κ1) is 15.0. The minimum Gasteiger partial charge on any atom is -0.240 e. The lowest BCUT2D eigenvalue weighted by molar-refractivity contribution is -0.137. The van der Waals surface area contributed by atoms with Gasteiger partial charge in [-0.1, -0.05) is 32.9 Å². The summed E-state index contributed by atoms with van der Waals surface area (Å²) in [4.78, 5) is 5.68. The maximum atomic E-state index is 12.5. The lowest BCUT2D eigenvalue weighted by Crippen LogP contribution is -2.12. The largest absolute Gasteiger partial charge is 0.416 e. The highest BCUT2D eigenvalue weighted by molar-refractivity contribution is 7.15. The van der Waals surface area contributed by atoms with Gasteiger partial charge in [-0.3, -0.25) is 0 Å². The van der Waals surface area contributed by atoms with Gasteiger partial charge in [0.25, 0.3) is 0 Å². The second-order valence-corrected chi connectivity index (χ2v) is 6.95. The Morgan fingerprint density at radius 2 is 1.55 bits per heavy atom. The lowest BCUT2D eigenvalue weighted by atomic mass is 9.91. The molecule has 108 valence electrons. The van der Waals surface area contributed by atoms with Crippen LogP contribution in [-0.4, -0.2) is 4.98 Å². The fraction of sp³-hybridized carbons (Fsp3) is 0.400. The average molecular weight is 299 g/mol. The standard InChI is InChI=1S/C15H16F3NS/c1-9-12(14(2,3)4)19-13(20-9)10-5-7-11(8-6-10)15(16,17)18/h5-8H,1-4H3. The number of halogens is 3. The maximum absolute atomic E-state index is 12.5. The Labute approximate surface area is 120 Å². The molecule has 2 aromatic rings. The highest BCUT2D eigenvalue weighted by Gasteiger charge is 2.30. The van der Waals surface area contributed by atoms with Crippen molar-refractivity contribution in [2.24, 2.45) is 0 Å². The smallest absolute Gasteiger partial charge is 0.240 e. The third-order valence-electron chi connectivity index (χ3n) is 2.97. The van der Waals surface area contributed by atoms with Crippen molar-refractivity contribution in [1.82, 2.24) is 4.98 Å². The molecule has 0 spiro atoms. The fourth-order valence-electron chi connectivity index (χ4n) is 2.02. The Morgan fingerprint density at radius 3 is 1.95 bits per heavy atom. The van der Waals surface area contributed by atoms with Gasteiger partial charge in [-0.15, -0.1) is 11.3 Å². The minimum absolute atomic E-state index is 0.0647. The first-order valence-electron chi connectivity index (χ1n) is 6.24. The Hall–Kier alpha value is -1.36. The van der Waals surface area contributed by atoms with Crippen molar-refractivity contribution in [3.63, 3.8) is 0 Å². The summed E-state index contributed by atoms with van der Waals surface area (Å²) < 4.78 is 37.6. The van der Waals surface area contributed by atoms with Crippen LogP contribution >= 0.6 is 11.3 Å². The number of alkyl halides is 3. The van der Waals surface area contributed by atoms with Crippen LogP contribution in [0.4, 0.5) is 13.2 Å². The van der Waals surface area contributed by atoms with E-state index < -0.39 is 11.7 Å². The van der Waals surface area contributed by atoms with E-state index in [9.17, 15) is 13.2 Å². The highest BCUT2D eigenvalue weighted by atomic mass is 32.1. The summed E-state index contributed by atoms with van der Waals surface area (Å²) in [6, 6.07) is 5.16. The molecule has 0 aliphatic rings. The van der Waals surface area contributed by atoms with Crippen molar-refractivity contribution in [1.29, 1.82) is 0 Å². The molecular weight excluding hydrogens is 283 g/mol. The first-order valence-corrected chi connectivity index (χ1v) is 7.06. The van der Waals surface area contributed by atoms with Crippen molar-refractivity contribution in [3.05, 3.63) is 40.4 Å². The van der Waals surface area contributed by atoms with Crippen molar-refractivity contribution in [2.45, 2.75) is 39.3 Å². The van der Waals surface area contributed by atoms with Crippen LogP contribution in [0.5, 0.6) is 0 Å². The second-order valence-electron chi connectivity index (χ2n) is 5.75. The molecule has 0 saturated heterocycles. The van der Waals surface area contributed by atoms with Gasteiger partial charge in [0.15, 0.2) is 0 Å². The van der Waals surface area contributed by atoms with Crippen LogP contribution in [-0.2, 0) is 11.6 Å². The molecule has 0 amide bonds. The van der Waals surface area contributed by atoms with E-state index in [-0.39, 0.29) is 5.41 Å². The van der Waals surface area contributed by atoms with E-state index >= 15 is 0 Å². The number of hydrogen-bond acceptors (Lipinski definition) is 2. The summed E-state index contributed by atoms with van der Waals surface area (Å²) in [5, 5.41) is 0.765. The second kappa shape index (κ2) is 4.88. The highest BCUT2D eigenvalue weighted by Crippen LogP contribution is 2.35. The van der Waals surface area contributed by atoms with Gasteiger partial charge in [-0.25, -0.2) is 4.98 Å². The Bertz CT molecular complexity index is 604. The van der Waals surface area contributed by atoms with E-state index in [1.807, 2.05) is 6.92 Å². The van der Waals surface area contributed by atoms with E-state index in [1.54, 1.807) is 0 Å². The molecule has 1 aromatic carbocycles. The molecule has 1 heterocycles. The molecule has 0 radical (unpaired) electrons. The topological polar surface area (TPSA) is 12.9 Å². The molecule has 0 aliphatic carbocycles. The molecule has 0 unspecified atom stereocenters. The number of thiazole rings is 1. The predicted octanol–water partition coefficient (Wildman–Crippen LogP) is 5.43. The Morgan fingerprint density at radius 1 is 1.00 bits per heavy atom. The third kappa shape index (κ3) is 3.03. The van der Waals surface area contributed by atoms with Gasteiger partial charge in [-0.2, -0.15) is 13.2 Å². The summed E-state index contributed by atoms with van der Waals surface area (Å²) >= 11 is 1.52. The van der Waals surface area contributed by atoms with Gasteiger partial charge >= 0.3 is 6.18 Å². The molecule has 0 fully saturated rings. The molecule has 5 heteroatoms. The van der Waals surface area contributed by atoms with Gasteiger partial charge in [0.1, 0.15) is 5.01 Å². The molecule has 20 heavy (non-hydrogen) atoms. The minimum atomic E-state index is -4.30. The van der Waals surface area contributed by atoms with Crippen molar-refractivity contribution in [2.75, 3.05) is 0 Å². The van der Waals surface area contributed by atoms with E-state index in [0.717, 1.165) is 33.3 Å². The molecule has 0 aliphatic heterocycles. The molecule has 1 nitrogen and oxygen atoms in total. The van der Waals surface area contributed by atoms with E-state index in [2.05, 4.69) is 25.8 Å². The molecule has 0 N–H and O–H groups in total. The zero-order chi connectivity index (χ0) is 15.1. The zero-order valence-electron chi connectivity index (χ0n) is 11.8. The molecule has 2 rings (SSSR count). The van der Waals surface area contributed by atoms with Crippen molar-refractivity contribution in [3.8, 4) is 10.6 Å². The normalized spacial score (nSPS) is 12.8. The van der Waals surface area contributed by atoms with Crippen LogP contribution in [0.2, 0.25) is 0 Å². The number of rotatable bonds is 1. The zero-order valence-corrected chi connectivity index (χ0v) is 12.6. The van der Waals surface area contributed by atoms with Crippen molar-refractivity contribution < 1.29 is 13.2 Å². The molecule has 0 saturated carbocycles. The molecular formula is C15H16F3NS. The van der Waals surface area contributed by atoms with Crippen molar-refractivity contribution >= 4 is 11.3 Å². The van der Waals surface area contributed by atoms with Crippen LogP contribution < -0.4 is 0 Å². The number of aryl methyl sites for hydroxylation is 1. The Balaban J connectivity index is 2.38. The number of nitrogens with zero attached hydrogens (tertiary/aromatic N) is 1. The summed E-state index contributed by atoms with van der Waals surface area (Å²) in [6.07, 6.45) is -4.30. The van der Waals surface area contributed by atoms with Gasteiger partial charge in [0.2, 0.25) is 0 Å². The third-order valence-corrected chi connectivity index (χ3v) is 3.99. The average Bonchev–Trinajstić information content (AvgIpc) is 2.70. The predicted molar refractivity (Wildman–Crippen MR) is 76.0 cm³/mol. The number of hydrogen-bond donors (Lipinski definition) is 0. The fourth-order valence-corrected chi connectivity index (χ4v) is 3.15.